The molecule has 0 saturated heterocycles. The normalized spacial score (nSPS) is 11.6. The van der Waals surface area contributed by atoms with Crippen molar-refractivity contribution < 1.29 is 33.0 Å². The first-order valence-electron chi connectivity index (χ1n) is 10.1. The molecule has 8 nitrogen and oxygen atoms in total. The molecule has 0 aliphatic carbocycles. The van der Waals surface area contributed by atoms with Crippen LogP contribution < -0.4 is 20.1 Å². The number of para-hydroxylation sites is 1. The lowest BCUT2D eigenvalue weighted by molar-refractivity contribution is -0.119. The minimum absolute atomic E-state index is 0.00650. The third kappa shape index (κ3) is 5.84. The van der Waals surface area contributed by atoms with Crippen LogP contribution in [0.25, 0.3) is 0 Å². The van der Waals surface area contributed by atoms with Crippen LogP contribution in [0.2, 0.25) is 0 Å². The summed E-state index contributed by atoms with van der Waals surface area (Å²) in [6.45, 7) is -0.447. The van der Waals surface area contributed by atoms with Gasteiger partial charge in [0.15, 0.2) is 18.1 Å². The Bertz CT molecular complexity index is 1240. The number of benzene rings is 3. The fourth-order valence-electron chi connectivity index (χ4n) is 3.03. The van der Waals surface area contributed by atoms with Crippen molar-refractivity contribution in [2.24, 2.45) is 0 Å². The predicted molar refractivity (Wildman–Crippen MR) is 124 cm³/mol. The van der Waals surface area contributed by atoms with Crippen molar-refractivity contribution in [3.05, 3.63) is 78.1 Å². The minimum atomic E-state index is -0.733. The van der Waals surface area contributed by atoms with Gasteiger partial charge in [0.2, 0.25) is 12.7 Å². The van der Waals surface area contributed by atoms with Crippen LogP contribution in [-0.2, 0) is 14.3 Å². The summed E-state index contributed by atoms with van der Waals surface area (Å²) in [6.07, 6.45) is 0. The topological polar surface area (TPSA) is 103 Å². The van der Waals surface area contributed by atoms with Crippen LogP contribution in [0.4, 0.5) is 15.8 Å². The van der Waals surface area contributed by atoms with E-state index in [0.717, 1.165) is 11.8 Å². The number of thioether (sulfide) groups is 1. The Balaban J connectivity index is 1.30. The lowest BCUT2D eigenvalue weighted by atomic mass is 10.2. The second kappa shape index (κ2) is 10.7. The number of nitrogens with one attached hydrogen (secondary N) is 2. The van der Waals surface area contributed by atoms with E-state index in [9.17, 15) is 18.8 Å². The van der Waals surface area contributed by atoms with E-state index in [2.05, 4.69) is 10.6 Å². The third-order valence-corrected chi connectivity index (χ3v) is 5.68. The summed E-state index contributed by atoms with van der Waals surface area (Å²) in [5, 5.41) is 5.11. The van der Waals surface area contributed by atoms with Crippen molar-refractivity contribution >= 4 is 40.9 Å². The highest BCUT2D eigenvalue weighted by Crippen LogP contribution is 2.34. The summed E-state index contributed by atoms with van der Waals surface area (Å²) in [6, 6.07) is 17.3. The predicted octanol–water partition coefficient (Wildman–Crippen LogP) is 4.08. The van der Waals surface area contributed by atoms with Gasteiger partial charge in [-0.1, -0.05) is 24.3 Å². The highest BCUT2D eigenvalue weighted by atomic mass is 32.2. The smallest absolute Gasteiger partial charge is 0.339 e. The van der Waals surface area contributed by atoms with Gasteiger partial charge in [0.25, 0.3) is 5.91 Å². The summed E-state index contributed by atoms with van der Waals surface area (Å²) < 4.78 is 29.3. The summed E-state index contributed by atoms with van der Waals surface area (Å²) >= 11 is 1.15. The van der Waals surface area contributed by atoms with Crippen LogP contribution in [-0.4, -0.2) is 36.9 Å². The van der Waals surface area contributed by atoms with E-state index in [1.807, 2.05) is 0 Å². The number of amides is 2. The number of esters is 1. The summed E-state index contributed by atoms with van der Waals surface area (Å²) in [5.74, 6) is -1.08. The lowest BCUT2D eigenvalue weighted by Gasteiger charge is -2.10. The van der Waals surface area contributed by atoms with Crippen LogP contribution in [0.1, 0.15) is 10.4 Å². The number of halogens is 1. The van der Waals surface area contributed by atoms with Gasteiger partial charge in [-0.2, -0.15) is 0 Å². The van der Waals surface area contributed by atoms with E-state index in [0.29, 0.717) is 22.1 Å². The minimum Gasteiger partial charge on any atom is -0.454 e. The molecule has 1 aliphatic heterocycles. The highest BCUT2D eigenvalue weighted by molar-refractivity contribution is 8.00. The van der Waals surface area contributed by atoms with E-state index >= 15 is 0 Å². The first-order chi connectivity index (χ1) is 16.5. The maximum absolute atomic E-state index is 13.6. The number of fused-ring (bicyclic) bond motifs is 1. The van der Waals surface area contributed by atoms with Crippen molar-refractivity contribution in [2.75, 3.05) is 29.8 Å². The van der Waals surface area contributed by atoms with Gasteiger partial charge in [0.1, 0.15) is 5.82 Å². The molecule has 0 atom stereocenters. The fourth-order valence-corrected chi connectivity index (χ4v) is 3.87. The number of hydrogen-bond acceptors (Lipinski definition) is 7. The molecule has 34 heavy (non-hydrogen) atoms. The first-order valence-corrected chi connectivity index (χ1v) is 11.1. The average molecular weight is 482 g/mol. The van der Waals surface area contributed by atoms with Gasteiger partial charge in [0, 0.05) is 16.6 Å². The molecule has 10 heteroatoms. The van der Waals surface area contributed by atoms with E-state index in [-0.39, 0.29) is 29.7 Å². The van der Waals surface area contributed by atoms with E-state index in [1.165, 1.54) is 24.3 Å². The lowest BCUT2D eigenvalue weighted by Crippen LogP contribution is -2.21. The van der Waals surface area contributed by atoms with Gasteiger partial charge in [-0.25, -0.2) is 9.18 Å². The molecule has 0 unspecified atom stereocenters. The van der Waals surface area contributed by atoms with Crippen molar-refractivity contribution in [1.82, 2.24) is 0 Å². The molecule has 1 aliphatic rings. The second-order valence-electron chi connectivity index (χ2n) is 7.01. The van der Waals surface area contributed by atoms with Crippen LogP contribution in [0.3, 0.4) is 0 Å². The fraction of sp³-hybridized carbons (Fsp3) is 0.125. The summed E-state index contributed by atoms with van der Waals surface area (Å²) in [4.78, 5) is 37.4. The van der Waals surface area contributed by atoms with Crippen molar-refractivity contribution in [2.45, 2.75) is 4.90 Å². The van der Waals surface area contributed by atoms with Gasteiger partial charge >= 0.3 is 5.97 Å². The number of carbonyl (C=O) groups excluding carboxylic acids is 3. The maximum Gasteiger partial charge on any atom is 0.339 e. The quantitative estimate of drug-likeness (QED) is 0.368. The van der Waals surface area contributed by atoms with Gasteiger partial charge in [-0.15, -0.1) is 11.8 Å². The molecular weight excluding hydrogens is 463 g/mol. The SMILES string of the molecule is O=C(CSc1ccccc1C(=O)OCC(=O)Nc1ccccc1F)Nc1ccc2c(c1)OCO2. The number of hydrogen-bond donors (Lipinski definition) is 2. The summed E-state index contributed by atoms with van der Waals surface area (Å²) in [5.41, 5.74) is 0.762. The number of rotatable bonds is 8. The number of ether oxygens (including phenoxy) is 3. The molecule has 4 rings (SSSR count). The second-order valence-corrected chi connectivity index (χ2v) is 8.02. The molecule has 174 valence electrons. The van der Waals surface area contributed by atoms with Gasteiger partial charge < -0.3 is 24.8 Å². The molecule has 0 aromatic heterocycles. The standard InChI is InChI=1S/C24H19FN2O6S/c25-17-6-2-3-7-18(17)27-22(28)12-31-24(30)16-5-1-4-8-21(16)34-13-23(29)26-15-9-10-19-20(11-15)33-14-32-19/h1-11H,12-14H2,(H,26,29)(H,27,28). The Morgan fingerprint density at radius 1 is 0.912 bits per heavy atom. The number of carbonyl (C=O) groups is 3. The molecule has 2 amide bonds. The van der Waals surface area contributed by atoms with Crippen molar-refractivity contribution in [3.8, 4) is 11.5 Å². The molecule has 0 radical (unpaired) electrons. The molecule has 0 spiro atoms. The Hall–Kier alpha value is -4.05. The molecule has 2 N–H and O–H groups in total. The maximum atomic E-state index is 13.6. The average Bonchev–Trinajstić information content (AvgIpc) is 3.31. The monoisotopic (exact) mass is 482 g/mol. The largest absolute Gasteiger partial charge is 0.454 e. The Morgan fingerprint density at radius 3 is 2.53 bits per heavy atom. The molecule has 3 aromatic rings. The zero-order chi connectivity index (χ0) is 23.9. The zero-order valence-corrected chi connectivity index (χ0v) is 18.5. The van der Waals surface area contributed by atoms with Crippen LogP contribution in [0.5, 0.6) is 11.5 Å². The molecule has 0 fully saturated rings. The molecular formula is C24H19FN2O6S. The Labute approximate surface area is 198 Å². The van der Waals surface area contributed by atoms with Crippen LogP contribution in [0.15, 0.2) is 71.6 Å². The summed E-state index contributed by atoms with van der Waals surface area (Å²) in [7, 11) is 0. The van der Waals surface area contributed by atoms with Crippen LogP contribution >= 0.6 is 11.8 Å². The van der Waals surface area contributed by atoms with Gasteiger partial charge in [-0.05, 0) is 36.4 Å². The third-order valence-electron chi connectivity index (χ3n) is 4.60. The molecule has 3 aromatic carbocycles. The van der Waals surface area contributed by atoms with E-state index in [1.54, 1.807) is 42.5 Å². The van der Waals surface area contributed by atoms with E-state index in [4.69, 9.17) is 14.2 Å². The zero-order valence-electron chi connectivity index (χ0n) is 17.7. The van der Waals surface area contributed by atoms with Crippen molar-refractivity contribution in [1.29, 1.82) is 0 Å². The van der Waals surface area contributed by atoms with E-state index < -0.39 is 24.3 Å². The Kier molecular flexibility index (Phi) is 7.28. The molecule has 0 saturated carbocycles. The van der Waals surface area contributed by atoms with Gasteiger partial charge in [-0.3, -0.25) is 9.59 Å². The molecule has 1 heterocycles. The van der Waals surface area contributed by atoms with Gasteiger partial charge in [0.05, 0.1) is 17.0 Å². The first kappa shape index (κ1) is 23.1. The van der Waals surface area contributed by atoms with Crippen molar-refractivity contribution in [3.63, 3.8) is 0 Å². The van der Waals surface area contributed by atoms with Crippen LogP contribution in [0, 0.1) is 5.82 Å². The highest BCUT2D eigenvalue weighted by Gasteiger charge is 2.17. The number of anilines is 2. The molecule has 0 bridgehead atoms. The Morgan fingerprint density at radius 2 is 1.68 bits per heavy atom.